The molecule has 396 valence electrons. The van der Waals surface area contributed by atoms with Crippen molar-refractivity contribution in [1.29, 1.82) is 0 Å². The van der Waals surface area contributed by atoms with Gasteiger partial charge >= 0.3 is 33.3 Å². The van der Waals surface area contributed by atoms with Gasteiger partial charge in [0.15, 0.2) is 12.3 Å². The van der Waals surface area contributed by atoms with E-state index in [0.29, 0.717) is 12.8 Å². The Morgan fingerprint density at radius 2 is 1.09 bits per heavy atom. The second kappa shape index (κ2) is 35.8. The van der Waals surface area contributed by atoms with Crippen LogP contribution in [0.25, 0.3) is 0 Å². The minimum absolute atomic E-state index is 0.0563. The Bertz CT molecular complexity index is 1670. The lowest BCUT2D eigenvalue weighted by molar-refractivity contribution is -0.161. The van der Waals surface area contributed by atoms with E-state index in [0.717, 1.165) is 67.8 Å². The number of nitrogens with two attached hydrogens (primary N) is 1. The van der Waals surface area contributed by atoms with Crippen LogP contribution in [0.3, 0.4) is 0 Å². The van der Waals surface area contributed by atoms with Gasteiger partial charge in [-0.2, -0.15) is 9.29 Å². The summed E-state index contributed by atoms with van der Waals surface area (Å²) in [6, 6.07) is 1.25. The van der Waals surface area contributed by atoms with Gasteiger partial charge in [-0.3, -0.25) is 23.2 Å². The van der Waals surface area contributed by atoms with E-state index in [1.165, 1.54) is 115 Å². The monoisotopic (exact) mass is 1010 g/mol. The number of aliphatic hydroxyl groups is 2. The Morgan fingerprint density at radius 3 is 1.54 bits per heavy atom. The van der Waals surface area contributed by atoms with E-state index in [2.05, 4.69) is 37.0 Å². The third kappa shape index (κ3) is 29.8. The van der Waals surface area contributed by atoms with E-state index in [9.17, 15) is 43.5 Å². The molecule has 0 spiro atoms. The molecule has 18 nitrogen and oxygen atoms in total. The summed E-state index contributed by atoms with van der Waals surface area (Å²) in [4.78, 5) is 61.9. The summed E-state index contributed by atoms with van der Waals surface area (Å²) in [5, 5.41) is 20.9. The van der Waals surface area contributed by atoms with Gasteiger partial charge in [-0.05, 0) is 30.7 Å². The van der Waals surface area contributed by atoms with Gasteiger partial charge < -0.3 is 39.9 Å². The van der Waals surface area contributed by atoms with Crippen molar-refractivity contribution < 1.29 is 66.3 Å². The van der Waals surface area contributed by atoms with E-state index in [-0.39, 0.29) is 18.7 Å². The Balaban J connectivity index is 1.79. The first kappa shape index (κ1) is 61.9. The van der Waals surface area contributed by atoms with Crippen LogP contribution in [0.5, 0.6) is 0 Å². The average Bonchev–Trinajstić information content (AvgIpc) is 3.55. The van der Waals surface area contributed by atoms with Gasteiger partial charge in [-0.1, -0.05) is 182 Å². The minimum Gasteiger partial charge on any atom is -0.462 e. The number of hydrogen-bond acceptors (Lipinski definition) is 15. The predicted octanol–water partition coefficient (Wildman–Crippen LogP) is 10.4. The zero-order chi connectivity index (χ0) is 50.2. The molecule has 1 saturated heterocycles. The molecule has 1 aliphatic rings. The van der Waals surface area contributed by atoms with Gasteiger partial charge in [0.2, 0.25) is 0 Å². The molecule has 0 amide bonds. The molecule has 2 heterocycles. The molecule has 0 aromatic carbocycles. The Hall–Kier alpha value is -2.24. The largest absolute Gasteiger partial charge is 0.481 e. The minimum atomic E-state index is -5.42. The Kier molecular flexibility index (Phi) is 32.6. The molecule has 0 aliphatic carbocycles. The number of anilines is 1. The summed E-state index contributed by atoms with van der Waals surface area (Å²) >= 11 is 0. The summed E-state index contributed by atoms with van der Waals surface area (Å²) < 4.78 is 56.8. The lowest BCUT2D eigenvalue weighted by Gasteiger charge is -2.21. The molecular formula is C48H89N3O15P2. The summed E-state index contributed by atoms with van der Waals surface area (Å²) in [6.45, 7) is 6.80. The number of aromatic nitrogens is 2. The number of unbranched alkanes of at least 4 members (excludes halogenated alkanes) is 22. The Morgan fingerprint density at radius 1 is 0.662 bits per heavy atom. The number of carbonyl (C=O) groups excluding carboxylic acids is 2. The molecule has 1 aromatic rings. The number of aliphatic hydroxyl groups excluding tert-OH is 2. The fourth-order valence-corrected chi connectivity index (χ4v) is 10.1. The van der Waals surface area contributed by atoms with E-state index in [1.54, 1.807) is 0 Å². The van der Waals surface area contributed by atoms with Gasteiger partial charge in [0, 0.05) is 19.0 Å². The maximum Gasteiger partial charge on any atom is 0.481 e. The summed E-state index contributed by atoms with van der Waals surface area (Å²) in [7, 11) is -10.8. The van der Waals surface area contributed by atoms with Crippen LogP contribution in [0, 0.1) is 11.8 Å². The number of carbonyl (C=O) groups is 2. The van der Waals surface area contributed by atoms with Crippen LogP contribution in [0.1, 0.15) is 214 Å². The molecule has 1 aromatic heterocycles. The number of nitrogens with zero attached hydrogens (tertiary/aromatic N) is 2. The van der Waals surface area contributed by atoms with Crippen LogP contribution in [0.15, 0.2) is 17.1 Å². The first-order chi connectivity index (χ1) is 32.4. The molecule has 1 fully saturated rings. The van der Waals surface area contributed by atoms with E-state index < -0.39 is 83.7 Å². The third-order valence-corrected chi connectivity index (χ3v) is 14.6. The highest BCUT2D eigenvalue weighted by Gasteiger charge is 2.46. The molecule has 0 saturated carbocycles. The average molecular weight is 1010 g/mol. The molecule has 6 N–H and O–H groups in total. The zero-order valence-electron chi connectivity index (χ0n) is 41.8. The molecule has 68 heavy (non-hydrogen) atoms. The standard InChI is InChI=1S/C48H89N3O15P2/c1-38(2)29-25-21-17-13-9-5-7-11-15-19-23-27-31-43(52)61-35-40(64-44(53)32-28-24-20-16-12-8-6-10-14-18-22-26-30-39(3)4)36-62-67(57,58)66-68(59,60)63-37-41-45(54)46(55)47(65-41)51-34-33-42(49)50-48(51)56/h33-34,38-41,45-47,54-55H,5-32,35-37H2,1-4H3,(H,57,58)(H,59,60)(H2,49,50,56)/t40-,41-,45+,46?,47-/m1/s1. The Labute approximate surface area is 406 Å². The topological polar surface area (TPSA) is 265 Å². The van der Waals surface area contributed by atoms with E-state index in [4.69, 9.17) is 29.0 Å². The van der Waals surface area contributed by atoms with Crippen LogP contribution in [-0.2, 0) is 46.3 Å². The fourth-order valence-electron chi connectivity index (χ4n) is 8.04. The van der Waals surface area contributed by atoms with Crippen LogP contribution < -0.4 is 11.4 Å². The second-order valence-corrected chi connectivity index (χ2v) is 22.4. The SMILES string of the molecule is CC(C)CCCCCCCCCCCCCCC(=O)OC[C@H](COP(=O)(O)OP(=O)(O)OC[C@H]1O[C@@H](n2ccc(N)nc2=O)C(O)[C@H]1O)OC(=O)CCCCCCCCCCCCCCC(C)C. The first-order valence-corrected chi connectivity index (χ1v) is 28.8. The summed E-state index contributed by atoms with van der Waals surface area (Å²) in [5.41, 5.74) is 4.59. The predicted molar refractivity (Wildman–Crippen MR) is 261 cm³/mol. The van der Waals surface area contributed by atoms with Crippen molar-refractivity contribution >= 4 is 33.4 Å². The van der Waals surface area contributed by atoms with Crippen LogP contribution in [-0.4, -0.2) is 85.7 Å². The molecule has 7 atom stereocenters. The normalized spacial score (nSPS) is 19.6. The van der Waals surface area contributed by atoms with Crippen molar-refractivity contribution in [3.05, 3.63) is 22.7 Å². The van der Waals surface area contributed by atoms with Crippen LogP contribution in [0.2, 0.25) is 0 Å². The molecule has 20 heteroatoms. The lowest BCUT2D eigenvalue weighted by atomic mass is 10.0. The second-order valence-electron chi connectivity index (χ2n) is 19.3. The van der Waals surface area contributed by atoms with Gasteiger partial charge in [0.05, 0.1) is 13.2 Å². The number of rotatable bonds is 42. The lowest BCUT2D eigenvalue weighted by Crippen LogP contribution is -2.36. The maximum absolute atomic E-state index is 12.9. The fraction of sp³-hybridized carbons (Fsp3) is 0.875. The highest BCUT2D eigenvalue weighted by atomic mass is 31.3. The highest BCUT2D eigenvalue weighted by Crippen LogP contribution is 2.60. The zero-order valence-corrected chi connectivity index (χ0v) is 43.6. The number of esters is 2. The number of nitrogen functional groups attached to an aromatic ring is 1. The van der Waals surface area contributed by atoms with Gasteiger partial charge in [0.25, 0.3) is 0 Å². The van der Waals surface area contributed by atoms with Crippen molar-refractivity contribution in [3.63, 3.8) is 0 Å². The molecule has 2 rings (SSSR count). The summed E-state index contributed by atoms with van der Waals surface area (Å²) in [6.07, 6.45) is 23.4. The van der Waals surface area contributed by atoms with Crippen LogP contribution in [0.4, 0.5) is 5.82 Å². The molecule has 0 radical (unpaired) electrons. The van der Waals surface area contributed by atoms with Gasteiger partial charge in [-0.15, -0.1) is 0 Å². The van der Waals surface area contributed by atoms with Gasteiger partial charge in [0.1, 0.15) is 30.7 Å². The first-order valence-electron chi connectivity index (χ1n) is 25.8. The highest BCUT2D eigenvalue weighted by molar-refractivity contribution is 7.61. The quantitative estimate of drug-likeness (QED) is 0.0231. The summed E-state index contributed by atoms with van der Waals surface area (Å²) in [5.74, 6) is 0.275. The molecule has 1 aliphatic heterocycles. The molecule has 3 unspecified atom stereocenters. The maximum atomic E-state index is 12.9. The van der Waals surface area contributed by atoms with E-state index >= 15 is 0 Å². The van der Waals surface area contributed by atoms with Crippen molar-refractivity contribution in [1.82, 2.24) is 9.55 Å². The van der Waals surface area contributed by atoms with Crippen LogP contribution >= 0.6 is 15.6 Å². The van der Waals surface area contributed by atoms with Crippen molar-refractivity contribution in [2.24, 2.45) is 11.8 Å². The number of hydrogen-bond donors (Lipinski definition) is 5. The number of phosphoric ester groups is 2. The number of phosphoric acid groups is 2. The third-order valence-electron chi connectivity index (χ3n) is 12.0. The van der Waals surface area contributed by atoms with Crippen molar-refractivity contribution in [2.45, 2.75) is 238 Å². The number of ether oxygens (including phenoxy) is 3. The molecular weight excluding hydrogens is 920 g/mol. The smallest absolute Gasteiger partial charge is 0.462 e. The van der Waals surface area contributed by atoms with E-state index in [1.807, 2.05) is 0 Å². The van der Waals surface area contributed by atoms with Crippen molar-refractivity contribution in [2.75, 3.05) is 25.6 Å². The van der Waals surface area contributed by atoms with Gasteiger partial charge in [-0.25, -0.2) is 13.9 Å². The molecule has 0 bridgehead atoms. The van der Waals surface area contributed by atoms with Crippen molar-refractivity contribution in [3.8, 4) is 0 Å².